The van der Waals surface area contributed by atoms with Crippen LogP contribution in [0.5, 0.6) is 23.0 Å². The van der Waals surface area contributed by atoms with Crippen molar-refractivity contribution in [1.29, 1.82) is 0 Å². The van der Waals surface area contributed by atoms with Crippen LogP contribution < -0.4 is 9.47 Å². The van der Waals surface area contributed by atoms with Crippen LogP contribution in [0.1, 0.15) is 58.4 Å². The van der Waals surface area contributed by atoms with Crippen molar-refractivity contribution < 1.29 is 19.7 Å². The van der Waals surface area contributed by atoms with Crippen molar-refractivity contribution in [1.82, 2.24) is 0 Å². The quantitative estimate of drug-likeness (QED) is 0.220. The Hall–Kier alpha value is -4.44. The lowest BCUT2D eigenvalue weighted by Gasteiger charge is -2.20. The highest BCUT2D eigenvalue weighted by atomic mass is 16.5. The van der Waals surface area contributed by atoms with Gasteiger partial charge in [-0.3, -0.25) is 0 Å². The van der Waals surface area contributed by atoms with E-state index in [2.05, 4.69) is 13.2 Å². The molecule has 0 spiro atoms. The summed E-state index contributed by atoms with van der Waals surface area (Å²) in [4.78, 5) is 0. The molecule has 0 aromatic heterocycles. The predicted octanol–water partition coefficient (Wildman–Crippen LogP) is 7.68. The van der Waals surface area contributed by atoms with Crippen LogP contribution in [0.2, 0.25) is 0 Å². The minimum absolute atomic E-state index is 0.282. The molecule has 0 saturated carbocycles. The van der Waals surface area contributed by atoms with Gasteiger partial charge in [0, 0.05) is 25.7 Å². The van der Waals surface area contributed by atoms with E-state index in [0.29, 0.717) is 38.9 Å². The monoisotopic (exact) mass is 532 g/mol. The van der Waals surface area contributed by atoms with Gasteiger partial charge in [0.1, 0.15) is 36.2 Å². The van der Waals surface area contributed by atoms with Crippen LogP contribution in [0, 0.1) is 0 Å². The van der Waals surface area contributed by atoms with Gasteiger partial charge in [0.2, 0.25) is 0 Å². The fraction of sp³-hybridized carbons (Fsp3) is 0.222. The maximum Gasteiger partial charge on any atom is 0.126 e. The molecule has 1 aliphatic rings. The van der Waals surface area contributed by atoms with Crippen molar-refractivity contribution in [2.45, 2.75) is 39.5 Å². The third-order valence-corrected chi connectivity index (χ3v) is 7.21. The average molecular weight is 533 g/mol. The number of ether oxygens (including phenoxy) is 2. The van der Waals surface area contributed by atoms with Crippen molar-refractivity contribution in [2.75, 3.05) is 13.2 Å². The van der Waals surface area contributed by atoms with Crippen LogP contribution in [0.4, 0.5) is 0 Å². The second-order valence-electron chi connectivity index (χ2n) is 10.9. The fourth-order valence-electron chi connectivity index (χ4n) is 5.27. The Morgan fingerprint density at radius 1 is 0.525 bits per heavy atom. The molecule has 4 heteroatoms. The minimum atomic E-state index is 0.282. The molecule has 204 valence electrons. The molecule has 4 aromatic rings. The first-order valence-corrected chi connectivity index (χ1v) is 13.7. The standard InChI is InChI=1S/C36H36O4/c1-23(2)21-39-35-29-13-7-14-30(35)18-26-10-6-12-28(34(26)38)20-32-16-8-15-31(36(32)40-22-24(3)4)19-27-11-5-9-25(17-29)33(27)37/h5-16,37-38H,1,3,17-22H2,2,4H3. The summed E-state index contributed by atoms with van der Waals surface area (Å²) in [6, 6.07) is 24.0. The molecule has 0 unspecified atom stereocenters. The molecule has 40 heavy (non-hydrogen) atoms. The van der Waals surface area contributed by atoms with Gasteiger partial charge in [-0.05, 0) is 69.5 Å². The van der Waals surface area contributed by atoms with E-state index in [1.165, 1.54) is 0 Å². The van der Waals surface area contributed by atoms with Gasteiger partial charge in [0.15, 0.2) is 0 Å². The molecule has 0 fully saturated rings. The van der Waals surface area contributed by atoms with Gasteiger partial charge in [0.05, 0.1) is 0 Å². The van der Waals surface area contributed by atoms with E-state index in [-0.39, 0.29) is 11.5 Å². The van der Waals surface area contributed by atoms with E-state index in [1.807, 2.05) is 86.6 Å². The number of phenolic OH excluding ortho intramolecular Hbond substituents is 2. The third-order valence-electron chi connectivity index (χ3n) is 7.21. The third kappa shape index (κ3) is 5.91. The van der Waals surface area contributed by atoms with E-state index in [4.69, 9.17) is 9.47 Å². The molecule has 0 aliphatic heterocycles. The van der Waals surface area contributed by atoms with Gasteiger partial charge in [-0.15, -0.1) is 0 Å². The molecular weight excluding hydrogens is 496 g/mol. The summed E-state index contributed by atoms with van der Waals surface area (Å²) >= 11 is 0. The van der Waals surface area contributed by atoms with Crippen LogP contribution in [0.15, 0.2) is 97.1 Å². The number of para-hydroxylation sites is 4. The molecule has 0 radical (unpaired) electrons. The summed E-state index contributed by atoms with van der Waals surface area (Å²) in [5.74, 6) is 2.11. The minimum Gasteiger partial charge on any atom is -0.507 e. The van der Waals surface area contributed by atoms with Gasteiger partial charge in [-0.2, -0.15) is 0 Å². The lowest BCUT2D eigenvalue weighted by Crippen LogP contribution is -2.07. The van der Waals surface area contributed by atoms with Gasteiger partial charge in [-0.1, -0.05) is 86.0 Å². The lowest BCUT2D eigenvalue weighted by molar-refractivity contribution is 0.345. The number of phenols is 2. The first-order chi connectivity index (χ1) is 19.3. The van der Waals surface area contributed by atoms with Crippen molar-refractivity contribution in [3.63, 3.8) is 0 Å². The normalized spacial score (nSPS) is 12.4. The Morgan fingerprint density at radius 2 is 0.775 bits per heavy atom. The van der Waals surface area contributed by atoms with Gasteiger partial charge < -0.3 is 19.7 Å². The van der Waals surface area contributed by atoms with E-state index in [1.54, 1.807) is 0 Å². The van der Waals surface area contributed by atoms with Gasteiger partial charge >= 0.3 is 0 Å². The highest BCUT2D eigenvalue weighted by Crippen LogP contribution is 2.38. The molecule has 5 rings (SSSR count). The lowest BCUT2D eigenvalue weighted by atomic mass is 9.91. The van der Waals surface area contributed by atoms with E-state index >= 15 is 0 Å². The van der Waals surface area contributed by atoms with Gasteiger partial charge in [-0.25, -0.2) is 0 Å². The van der Waals surface area contributed by atoms with Crippen LogP contribution in [-0.4, -0.2) is 23.4 Å². The number of aromatic hydroxyl groups is 2. The molecule has 0 atom stereocenters. The number of benzene rings is 4. The zero-order valence-electron chi connectivity index (χ0n) is 23.3. The largest absolute Gasteiger partial charge is 0.507 e. The second kappa shape index (κ2) is 11.7. The molecule has 0 heterocycles. The summed E-state index contributed by atoms with van der Waals surface area (Å²) < 4.78 is 12.6. The Bertz CT molecular complexity index is 1380. The smallest absolute Gasteiger partial charge is 0.126 e. The number of hydrogen-bond donors (Lipinski definition) is 2. The van der Waals surface area contributed by atoms with Gasteiger partial charge in [0.25, 0.3) is 0 Å². The summed E-state index contributed by atoms with van der Waals surface area (Å²) in [6.45, 7) is 12.7. The molecule has 4 nitrogen and oxygen atoms in total. The summed E-state index contributed by atoms with van der Waals surface area (Å²) in [6.07, 6.45) is 2.02. The SMILES string of the molecule is C=C(C)COc1c2cccc1Cc1cccc(c1O)Cc1cccc(c1OCC(=C)C)Cc1cccc(c1O)C2. The first kappa shape index (κ1) is 27.1. The Balaban J connectivity index is 1.70. The van der Waals surface area contributed by atoms with Crippen LogP contribution in [0.3, 0.4) is 0 Å². The zero-order chi connectivity index (χ0) is 28.2. The molecular formula is C36H36O4. The number of rotatable bonds is 6. The Kier molecular flexibility index (Phi) is 7.97. The first-order valence-electron chi connectivity index (χ1n) is 13.7. The number of fused-ring (bicyclic) bond motifs is 8. The van der Waals surface area contributed by atoms with Crippen molar-refractivity contribution in [2.24, 2.45) is 0 Å². The average Bonchev–Trinajstić information content (AvgIpc) is 2.91. The fourth-order valence-corrected chi connectivity index (χ4v) is 5.27. The molecule has 8 bridgehead atoms. The van der Waals surface area contributed by atoms with Crippen molar-refractivity contribution in [3.05, 3.63) is 142 Å². The number of hydrogen-bond acceptors (Lipinski definition) is 4. The van der Waals surface area contributed by atoms with Crippen LogP contribution >= 0.6 is 0 Å². The van der Waals surface area contributed by atoms with Crippen molar-refractivity contribution >= 4 is 0 Å². The van der Waals surface area contributed by atoms with E-state index in [0.717, 1.165) is 67.2 Å². The highest BCUT2D eigenvalue weighted by Gasteiger charge is 2.20. The van der Waals surface area contributed by atoms with Crippen molar-refractivity contribution in [3.8, 4) is 23.0 Å². The molecule has 0 amide bonds. The van der Waals surface area contributed by atoms with E-state index < -0.39 is 0 Å². The van der Waals surface area contributed by atoms with E-state index in [9.17, 15) is 10.2 Å². The molecule has 0 saturated heterocycles. The Morgan fingerprint density at radius 3 is 1.02 bits per heavy atom. The molecule has 2 N–H and O–H groups in total. The summed E-state index contributed by atoms with van der Waals surface area (Å²) in [5, 5.41) is 22.9. The summed E-state index contributed by atoms with van der Waals surface area (Å²) in [5.41, 5.74) is 9.04. The highest BCUT2D eigenvalue weighted by molar-refractivity contribution is 5.55. The van der Waals surface area contributed by atoms with Crippen LogP contribution in [0.25, 0.3) is 0 Å². The molecule has 4 aromatic carbocycles. The Labute approximate surface area is 236 Å². The zero-order valence-corrected chi connectivity index (χ0v) is 23.3. The summed E-state index contributed by atoms with van der Waals surface area (Å²) in [7, 11) is 0. The predicted molar refractivity (Wildman–Crippen MR) is 161 cm³/mol. The topological polar surface area (TPSA) is 58.9 Å². The van der Waals surface area contributed by atoms with Crippen LogP contribution in [-0.2, 0) is 25.7 Å². The maximum atomic E-state index is 11.4. The molecule has 1 aliphatic carbocycles. The maximum absolute atomic E-state index is 11.4. The second-order valence-corrected chi connectivity index (χ2v) is 10.9.